The molecule has 2 aliphatic heterocycles. The Labute approximate surface area is 164 Å². The van der Waals surface area contributed by atoms with Gasteiger partial charge in [0.1, 0.15) is 0 Å². The van der Waals surface area contributed by atoms with Gasteiger partial charge in [-0.2, -0.15) is 0 Å². The molecule has 0 atom stereocenters. The van der Waals surface area contributed by atoms with Crippen molar-refractivity contribution in [1.82, 2.24) is 10.2 Å². The summed E-state index contributed by atoms with van der Waals surface area (Å²) in [6, 6.07) is 0. The number of guanidine groups is 1. The largest absolute Gasteiger partial charge is 0.385 e. The number of methoxy groups -OCH3 is 1. The van der Waals surface area contributed by atoms with Crippen molar-refractivity contribution in [2.75, 3.05) is 66.3 Å². The van der Waals surface area contributed by atoms with E-state index in [4.69, 9.17) is 23.9 Å². The van der Waals surface area contributed by atoms with Crippen LogP contribution in [-0.2, 0) is 18.9 Å². The predicted molar refractivity (Wildman–Crippen MR) is 107 cm³/mol. The topological polar surface area (TPSA) is 64.6 Å². The predicted octanol–water partition coefficient (Wildman–Crippen LogP) is 2.06. The molecular weight excluding hydrogens is 346 g/mol. The van der Waals surface area contributed by atoms with Crippen LogP contribution in [0.4, 0.5) is 0 Å². The molecule has 7 heteroatoms. The van der Waals surface area contributed by atoms with Crippen molar-refractivity contribution < 1.29 is 18.9 Å². The Kier molecular flexibility index (Phi) is 11.7. The molecule has 27 heavy (non-hydrogen) atoms. The van der Waals surface area contributed by atoms with Gasteiger partial charge in [-0.05, 0) is 45.4 Å². The Bertz CT molecular complexity index is 395. The highest BCUT2D eigenvalue weighted by molar-refractivity contribution is 5.80. The van der Waals surface area contributed by atoms with Gasteiger partial charge in [0.05, 0.1) is 12.2 Å². The molecule has 7 nitrogen and oxygen atoms in total. The fourth-order valence-electron chi connectivity index (χ4n) is 3.46. The van der Waals surface area contributed by atoms with Crippen LogP contribution in [-0.4, -0.2) is 89.4 Å². The van der Waals surface area contributed by atoms with Gasteiger partial charge < -0.3 is 29.2 Å². The molecule has 1 N–H and O–H groups in total. The summed E-state index contributed by atoms with van der Waals surface area (Å²) in [5.41, 5.74) is 0. The second-order valence-corrected chi connectivity index (χ2v) is 7.18. The summed E-state index contributed by atoms with van der Waals surface area (Å²) in [4.78, 5) is 7.16. The van der Waals surface area contributed by atoms with Crippen molar-refractivity contribution in [1.29, 1.82) is 0 Å². The smallest absolute Gasteiger partial charge is 0.193 e. The monoisotopic (exact) mass is 385 g/mol. The van der Waals surface area contributed by atoms with Gasteiger partial charge in [-0.3, -0.25) is 4.99 Å². The van der Waals surface area contributed by atoms with E-state index < -0.39 is 0 Å². The van der Waals surface area contributed by atoms with Gasteiger partial charge in [0.2, 0.25) is 0 Å². The number of nitrogens with one attached hydrogen (secondary N) is 1. The van der Waals surface area contributed by atoms with Crippen LogP contribution in [0.3, 0.4) is 0 Å². The average Bonchev–Trinajstić information content (AvgIpc) is 2.71. The van der Waals surface area contributed by atoms with E-state index in [-0.39, 0.29) is 0 Å². The number of nitrogens with zero attached hydrogens (tertiary/aromatic N) is 2. The second kappa shape index (κ2) is 14.2. The Balaban J connectivity index is 1.62. The SMILES string of the molecule is CCNC(=NCCCOC1CCOCC1)N1CCC(OCCCOC)CC1. The van der Waals surface area contributed by atoms with Crippen molar-refractivity contribution >= 4 is 5.96 Å². The lowest BCUT2D eigenvalue weighted by molar-refractivity contribution is -0.0318. The Morgan fingerprint density at radius 3 is 2.33 bits per heavy atom. The van der Waals surface area contributed by atoms with Gasteiger partial charge in [0.25, 0.3) is 0 Å². The van der Waals surface area contributed by atoms with Crippen molar-refractivity contribution in [3.05, 3.63) is 0 Å². The molecule has 0 saturated carbocycles. The van der Waals surface area contributed by atoms with Crippen LogP contribution in [0, 0.1) is 0 Å². The van der Waals surface area contributed by atoms with Crippen molar-refractivity contribution in [2.45, 2.75) is 57.7 Å². The van der Waals surface area contributed by atoms with E-state index in [0.717, 1.165) is 104 Å². The molecule has 0 amide bonds. The van der Waals surface area contributed by atoms with E-state index in [1.54, 1.807) is 7.11 Å². The molecule has 0 aromatic carbocycles. The van der Waals surface area contributed by atoms with Crippen LogP contribution < -0.4 is 5.32 Å². The number of hydrogen-bond acceptors (Lipinski definition) is 5. The van der Waals surface area contributed by atoms with Crippen LogP contribution in [0.15, 0.2) is 4.99 Å². The van der Waals surface area contributed by atoms with Gasteiger partial charge in [0, 0.05) is 66.3 Å². The zero-order valence-electron chi connectivity index (χ0n) is 17.3. The molecule has 2 saturated heterocycles. The average molecular weight is 386 g/mol. The molecular formula is C20H39N3O4. The molecule has 0 unspecified atom stereocenters. The molecule has 0 bridgehead atoms. The first kappa shape index (κ1) is 22.4. The molecule has 2 heterocycles. The molecule has 2 fully saturated rings. The van der Waals surface area contributed by atoms with Gasteiger partial charge in [0.15, 0.2) is 5.96 Å². The number of aliphatic imine (C=N–C) groups is 1. The number of likely N-dealkylation sites (tertiary alicyclic amines) is 1. The minimum Gasteiger partial charge on any atom is -0.385 e. The highest BCUT2D eigenvalue weighted by atomic mass is 16.5. The molecule has 158 valence electrons. The zero-order valence-corrected chi connectivity index (χ0v) is 17.3. The maximum atomic E-state index is 5.95. The van der Waals surface area contributed by atoms with E-state index in [9.17, 15) is 0 Å². The maximum absolute atomic E-state index is 5.95. The Morgan fingerprint density at radius 2 is 1.67 bits per heavy atom. The Morgan fingerprint density at radius 1 is 1.00 bits per heavy atom. The van der Waals surface area contributed by atoms with Crippen molar-refractivity contribution in [2.24, 2.45) is 4.99 Å². The van der Waals surface area contributed by atoms with Crippen LogP contribution in [0.5, 0.6) is 0 Å². The van der Waals surface area contributed by atoms with E-state index in [0.29, 0.717) is 12.2 Å². The third kappa shape index (κ3) is 9.23. The standard InChI is InChI=1S/C20H39N3O4/c1-3-21-20(22-10-4-14-26-19-8-16-25-17-9-19)23-11-6-18(7-12-23)27-15-5-13-24-2/h18-19H,3-17H2,1-2H3,(H,21,22). The summed E-state index contributed by atoms with van der Waals surface area (Å²) in [6.45, 7) is 9.83. The summed E-state index contributed by atoms with van der Waals surface area (Å²) in [7, 11) is 1.73. The molecule has 2 aliphatic rings. The highest BCUT2D eigenvalue weighted by Gasteiger charge is 2.21. The first-order valence-electron chi connectivity index (χ1n) is 10.7. The number of hydrogen-bond donors (Lipinski definition) is 1. The summed E-state index contributed by atoms with van der Waals surface area (Å²) in [5.74, 6) is 1.03. The van der Waals surface area contributed by atoms with Gasteiger partial charge in [-0.15, -0.1) is 0 Å². The second-order valence-electron chi connectivity index (χ2n) is 7.18. The zero-order chi connectivity index (χ0) is 19.2. The van der Waals surface area contributed by atoms with Crippen LogP contribution in [0.25, 0.3) is 0 Å². The normalized spacial score (nSPS) is 20.2. The molecule has 0 aliphatic carbocycles. The lowest BCUT2D eigenvalue weighted by atomic mass is 10.1. The minimum absolute atomic E-state index is 0.369. The third-order valence-corrected chi connectivity index (χ3v) is 5.01. The first-order valence-corrected chi connectivity index (χ1v) is 10.7. The summed E-state index contributed by atoms with van der Waals surface area (Å²) in [6.07, 6.45) is 6.84. The van der Waals surface area contributed by atoms with Crippen molar-refractivity contribution in [3.63, 3.8) is 0 Å². The fourth-order valence-corrected chi connectivity index (χ4v) is 3.46. The van der Waals surface area contributed by atoms with Crippen molar-refractivity contribution in [3.8, 4) is 0 Å². The van der Waals surface area contributed by atoms with E-state index >= 15 is 0 Å². The fraction of sp³-hybridized carbons (Fsp3) is 0.950. The van der Waals surface area contributed by atoms with E-state index in [1.165, 1.54) is 0 Å². The summed E-state index contributed by atoms with van der Waals surface area (Å²) in [5, 5.41) is 3.43. The van der Waals surface area contributed by atoms with Crippen LogP contribution in [0.2, 0.25) is 0 Å². The number of piperidine rings is 1. The quantitative estimate of drug-likeness (QED) is 0.334. The molecule has 0 aromatic heterocycles. The van der Waals surface area contributed by atoms with E-state index in [2.05, 4.69) is 17.1 Å². The molecule has 0 spiro atoms. The first-order chi connectivity index (χ1) is 13.3. The maximum Gasteiger partial charge on any atom is 0.193 e. The lowest BCUT2D eigenvalue weighted by Crippen LogP contribution is -2.47. The van der Waals surface area contributed by atoms with Crippen LogP contribution in [0.1, 0.15) is 45.4 Å². The molecule has 0 aromatic rings. The van der Waals surface area contributed by atoms with Gasteiger partial charge in [-0.1, -0.05) is 0 Å². The highest BCUT2D eigenvalue weighted by Crippen LogP contribution is 2.14. The van der Waals surface area contributed by atoms with E-state index in [1.807, 2.05) is 0 Å². The number of ether oxygens (including phenoxy) is 4. The van der Waals surface area contributed by atoms with Crippen LogP contribution >= 0.6 is 0 Å². The summed E-state index contributed by atoms with van der Waals surface area (Å²) < 4.78 is 22.3. The molecule has 2 rings (SSSR count). The number of rotatable bonds is 11. The molecule has 0 radical (unpaired) electrons. The van der Waals surface area contributed by atoms with Gasteiger partial charge in [-0.25, -0.2) is 0 Å². The third-order valence-electron chi connectivity index (χ3n) is 5.01. The minimum atomic E-state index is 0.369. The van der Waals surface area contributed by atoms with Gasteiger partial charge >= 0.3 is 0 Å². The summed E-state index contributed by atoms with van der Waals surface area (Å²) >= 11 is 0. The lowest BCUT2D eigenvalue weighted by Gasteiger charge is -2.34. The Hall–Kier alpha value is -0.890.